The first-order valence-corrected chi connectivity index (χ1v) is 12.3. The first-order chi connectivity index (χ1) is 16.9. The molecular weight excluding hydrogens is 458 g/mol. The maximum atomic E-state index is 13.4. The average Bonchev–Trinajstić information content (AvgIpc) is 3.25. The van der Waals surface area contributed by atoms with E-state index in [1.54, 1.807) is 4.57 Å². The topological polar surface area (TPSA) is 81.3 Å². The van der Waals surface area contributed by atoms with E-state index in [0.717, 1.165) is 33.5 Å². The summed E-state index contributed by atoms with van der Waals surface area (Å²) in [5.74, 6) is 0.486. The third-order valence-electron chi connectivity index (χ3n) is 5.78. The Morgan fingerprint density at radius 3 is 2.37 bits per heavy atom. The van der Waals surface area contributed by atoms with Crippen molar-refractivity contribution in [3.05, 3.63) is 99.3 Å². The number of carbonyl (C=O) groups excluding carboxylic acids is 1. The fourth-order valence-corrected chi connectivity index (χ4v) is 4.96. The summed E-state index contributed by atoms with van der Waals surface area (Å²) in [5.41, 5.74) is 5.71. The molecule has 0 aliphatic rings. The number of thioether (sulfide) groups is 1. The molecule has 8 heteroatoms. The number of nitrogens with one attached hydrogen (secondary N) is 1. The van der Waals surface area contributed by atoms with Crippen LogP contribution in [0.1, 0.15) is 22.3 Å². The van der Waals surface area contributed by atoms with Crippen LogP contribution in [0.5, 0.6) is 0 Å². The molecule has 0 atom stereocenters. The van der Waals surface area contributed by atoms with Gasteiger partial charge in [-0.2, -0.15) is 0 Å². The second-order valence-corrected chi connectivity index (χ2v) is 9.67. The van der Waals surface area contributed by atoms with Crippen LogP contribution in [-0.2, 0) is 11.3 Å². The molecule has 0 saturated carbocycles. The van der Waals surface area contributed by atoms with Crippen molar-refractivity contribution in [1.29, 1.82) is 0 Å². The maximum Gasteiger partial charge on any atom is 0.263 e. The summed E-state index contributed by atoms with van der Waals surface area (Å²) in [4.78, 5) is 26.0. The van der Waals surface area contributed by atoms with Gasteiger partial charge in [0.25, 0.3) is 5.56 Å². The van der Waals surface area contributed by atoms with Gasteiger partial charge >= 0.3 is 0 Å². The molecule has 0 unspecified atom stereocenters. The zero-order chi connectivity index (χ0) is 24.5. The molecule has 0 saturated heterocycles. The van der Waals surface area contributed by atoms with Gasteiger partial charge in [0, 0.05) is 5.69 Å². The highest BCUT2D eigenvalue weighted by atomic mass is 32.2. The number of rotatable bonds is 6. The molecule has 2 heterocycles. The summed E-state index contributed by atoms with van der Waals surface area (Å²) >= 11 is 1.29. The molecule has 0 aliphatic carbocycles. The number of fused-ring (bicyclic) bond motifs is 3. The quantitative estimate of drug-likeness (QED) is 0.353. The number of benzene rings is 3. The molecule has 5 aromatic rings. The van der Waals surface area contributed by atoms with Crippen LogP contribution in [0.3, 0.4) is 0 Å². The number of hydrogen-bond donors (Lipinski definition) is 1. The predicted octanol–water partition coefficient (Wildman–Crippen LogP) is 4.75. The molecule has 5 rings (SSSR count). The van der Waals surface area contributed by atoms with Crippen LogP contribution in [-0.4, -0.2) is 30.8 Å². The lowest BCUT2D eigenvalue weighted by molar-refractivity contribution is -0.113. The van der Waals surface area contributed by atoms with Gasteiger partial charge in [-0.25, -0.2) is 0 Å². The van der Waals surface area contributed by atoms with Crippen LogP contribution in [0.15, 0.2) is 76.7 Å². The number of hydrogen-bond acceptors (Lipinski definition) is 5. The van der Waals surface area contributed by atoms with E-state index in [1.807, 2.05) is 85.8 Å². The Labute approximate surface area is 206 Å². The smallest absolute Gasteiger partial charge is 0.263 e. The SMILES string of the molecule is Cc1ccc(Cn2c(=O)c3ccccc3n3c(SCC(=O)Nc4cc(C)cc(C)c4)nnc23)cc1. The molecule has 7 nitrogen and oxygen atoms in total. The van der Waals surface area contributed by atoms with Crippen LogP contribution in [0.2, 0.25) is 0 Å². The van der Waals surface area contributed by atoms with E-state index in [0.29, 0.717) is 22.9 Å². The van der Waals surface area contributed by atoms with Gasteiger partial charge in [-0.3, -0.25) is 18.6 Å². The summed E-state index contributed by atoms with van der Waals surface area (Å²) in [6.07, 6.45) is 0. The highest BCUT2D eigenvalue weighted by Gasteiger charge is 2.18. The Kier molecular flexibility index (Phi) is 6.13. The number of aromatic nitrogens is 4. The summed E-state index contributed by atoms with van der Waals surface area (Å²) in [5, 5.41) is 12.8. The van der Waals surface area contributed by atoms with Crippen molar-refractivity contribution in [2.45, 2.75) is 32.5 Å². The minimum absolute atomic E-state index is 0.120. The Morgan fingerprint density at radius 2 is 1.63 bits per heavy atom. The Hall–Kier alpha value is -3.91. The number of carbonyl (C=O) groups is 1. The largest absolute Gasteiger partial charge is 0.325 e. The second-order valence-electron chi connectivity index (χ2n) is 8.73. The maximum absolute atomic E-state index is 13.4. The average molecular weight is 484 g/mol. The van der Waals surface area contributed by atoms with E-state index in [1.165, 1.54) is 11.8 Å². The Morgan fingerprint density at radius 1 is 0.914 bits per heavy atom. The third kappa shape index (κ3) is 4.70. The molecule has 0 aliphatic heterocycles. The fraction of sp³-hybridized carbons (Fsp3) is 0.185. The van der Waals surface area contributed by atoms with Crippen molar-refractivity contribution in [1.82, 2.24) is 19.2 Å². The van der Waals surface area contributed by atoms with Gasteiger partial charge in [-0.05, 0) is 61.7 Å². The lowest BCUT2D eigenvalue weighted by Crippen LogP contribution is -2.24. The third-order valence-corrected chi connectivity index (χ3v) is 6.71. The molecule has 1 N–H and O–H groups in total. The van der Waals surface area contributed by atoms with Crippen molar-refractivity contribution >= 4 is 40.0 Å². The number of aryl methyl sites for hydroxylation is 3. The van der Waals surface area contributed by atoms with E-state index < -0.39 is 0 Å². The Bertz CT molecular complexity index is 1600. The summed E-state index contributed by atoms with van der Waals surface area (Å²) in [6, 6.07) is 21.4. The van der Waals surface area contributed by atoms with Crippen molar-refractivity contribution in [3.8, 4) is 0 Å². The predicted molar refractivity (Wildman–Crippen MR) is 140 cm³/mol. The molecule has 35 heavy (non-hydrogen) atoms. The van der Waals surface area contributed by atoms with Crippen molar-refractivity contribution in [2.24, 2.45) is 0 Å². The first kappa shape index (κ1) is 22.9. The number of para-hydroxylation sites is 1. The molecule has 1 amide bonds. The molecule has 0 bridgehead atoms. The van der Waals surface area contributed by atoms with Gasteiger partial charge in [0.2, 0.25) is 11.7 Å². The molecule has 0 spiro atoms. The van der Waals surface area contributed by atoms with E-state index >= 15 is 0 Å². The molecule has 2 aromatic heterocycles. The molecule has 0 radical (unpaired) electrons. The highest BCUT2D eigenvalue weighted by Crippen LogP contribution is 2.23. The second kappa shape index (κ2) is 9.38. The Balaban J connectivity index is 1.48. The standard InChI is InChI=1S/C27H25N5O2S/c1-17-8-10-20(11-9-17)15-31-25(34)22-6-4-5-7-23(22)32-26(31)29-30-27(32)35-16-24(33)28-21-13-18(2)12-19(3)14-21/h4-14H,15-16H2,1-3H3,(H,28,33). The zero-order valence-electron chi connectivity index (χ0n) is 19.8. The summed E-state index contributed by atoms with van der Waals surface area (Å²) in [7, 11) is 0. The number of nitrogens with zero attached hydrogens (tertiary/aromatic N) is 4. The summed E-state index contributed by atoms with van der Waals surface area (Å²) in [6.45, 7) is 6.41. The van der Waals surface area contributed by atoms with Gasteiger partial charge in [-0.15, -0.1) is 10.2 Å². The van der Waals surface area contributed by atoms with Gasteiger partial charge < -0.3 is 5.32 Å². The minimum atomic E-state index is -0.131. The van der Waals surface area contributed by atoms with Gasteiger partial charge in [-0.1, -0.05) is 59.8 Å². The van der Waals surface area contributed by atoms with Crippen LogP contribution in [0, 0.1) is 20.8 Å². The van der Waals surface area contributed by atoms with Crippen LogP contribution >= 0.6 is 11.8 Å². The molecular formula is C27H25N5O2S. The van der Waals surface area contributed by atoms with Crippen molar-refractivity contribution in [2.75, 3.05) is 11.1 Å². The van der Waals surface area contributed by atoms with Crippen molar-refractivity contribution < 1.29 is 4.79 Å². The normalized spacial score (nSPS) is 11.3. The zero-order valence-corrected chi connectivity index (χ0v) is 20.6. The van der Waals surface area contributed by atoms with E-state index in [-0.39, 0.29) is 17.2 Å². The van der Waals surface area contributed by atoms with E-state index in [4.69, 9.17) is 0 Å². The van der Waals surface area contributed by atoms with Crippen molar-refractivity contribution in [3.63, 3.8) is 0 Å². The molecule has 0 fully saturated rings. The molecule has 3 aromatic carbocycles. The number of anilines is 1. The van der Waals surface area contributed by atoms with Crippen LogP contribution < -0.4 is 10.9 Å². The van der Waals surface area contributed by atoms with Gasteiger partial charge in [0.05, 0.1) is 23.2 Å². The molecule has 176 valence electrons. The lowest BCUT2D eigenvalue weighted by atomic mass is 10.1. The first-order valence-electron chi connectivity index (χ1n) is 11.3. The van der Waals surface area contributed by atoms with Crippen LogP contribution in [0.4, 0.5) is 5.69 Å². The fourth-order valence-electron chi connectivity index (χ4n) is 4.22. The van der Waals surface area contributed by atoms with E-state index in [2.05, 4.69) is 21.6 Å². The van der Waals surface area contributed by atoms with E-state index in [9.17, 15) is 9.59 Å². The number of amides is 1. The summed E-state index contributed by atoms with van der Waals surface area (Å²) < 4.78 is 3.50. The monoisotopic (exact) mass is 483 g/mol. The lowest BCUT2D eigenvalue weighted by Gasteiger charge is -2.12. The van der Waals surface area contributed by atoms with Crippen LogP contribution in [0.25, 0.3) is 16.7 Å². The highest BCUT2D eigenvalue weighted by molar-refractivity contribution is 7.99. The van der Waals surface area contributed by atoms with Gasteiger partial charge in [0.1, 0.15) is 0 Å². The van der Waals surface area contributed by atoms with Gasteiger partial charge in [0.15, 0.2) is 5.16 Å². The minimum Gasteiger partial charge on any atom is -0.325 e.